The molecule has 2 aromatic rings. The van der Waals surface area contributed by atoms with E-state index in [4.69, 9.17) is 0 Å². The summed E-state index contributed by atoms with van der Waals surface area (Å²) in [7, 11) is 0. The molecule has 1 spiro atoms. The van der Waals surface area contributed by atoms with Gasteiger partial charge in [0, 0.05) is 36.9 Å². The first-order chi connectivity index (χ1) is 12.5. The van der Waals surface area contributed by atoms with Gasteiger partial charge in [0.1, 0.15) is 0 Å². The number of thiazole rings is 1. The third-order valence-electron chi connectivity index (χ3n) is 6.07. The molecule has 0 bridgehead atoms. The van der Waals surface area contributed by atoms with E-state index in [2.05, 4.69) is 48.0 Å². The van der Waals surface area contributed by atoms with Crippen molar-refractivity contribution in [2.24, 2.45) is 0 Å². The molecular formula is C21H27N3OS. The van der Waals surface area contributed by atoms with Crippen LogP contribution in [0.2, 0.25) is 0 Å². The third kappa shape index (κ3) is 3.19. The summed E-state index contributed by atoms with van der Waals surface area (Å²) in [6.45, 7) is 10.7. The van der Waals surface area contributed by atoms with E-state index >= 15 is 0 Å². The summed E-state index contributed by atoms with van der Waals surface area (Å²) in [6.07, 6.45) is 2.23. The first-order valence-corrected chi connectivity index (χ1v) is 10.3. The highest BCUT2D eigenvalue weighted by atomic mass is 32.1. The van der Waals surface area contributed by atoms with Gasteiger partial charge in [-0.05, 0) is 50.9 Å². The van der Waals surface area contributed by atoms with Crippen molar-refractivity contribution >= 4 is 17.2 Å². The zero-order valence-electron chi connectivity index (χ0n) is 15.9. The Labute approximate surface area is 159 Å². The number of piperidine rings is 1. The van der Waals surface area contributed by atoms with Gasteiger partial charge < -0.3 is 4.90 Å². The smallest absolute Gasteiger partial charge is 0.219 e. The molecule has 4 nitrogen and oxygen atoms in total. The quantitative estimate of drug-likeness (QED) is 0.811. The van der Waals surface area contributed by atoms with Gasteiger partial charge in [-0.15, -0.1) is 11.3 Å². The molecular weight excluding hydrogens is 342 g/mol. The molecule has 5 heteroatoms. The van der Waals surface area contributed by atoms with E-state index in [9.17, 15) is 4.79 Å². The molecule has 2 aliphatic heterocycles. The lowest BCUT2D eigenvalue weighted by atomic mass is 9.69. The van der Waals surface area contributed by atoms with Crippen LogP contribution in [0.3, 0.4) is 0 Å². The topological polar surface area (TPSA) is 36.4 Å². The van der Waals surface area contributed by atoms with Crippen molar-refractivity contribution in [2.75, 3.05) is 19.6 Å². The van der Waals surface area contributed by atoms with Crippen LogP contribution in [0.15, 0.2) is 24.3 Å². The molecule has 0 atom stereocenters. The molecule has 26 heavy (non-hydrogen) atoms. The first-order valence-electron chi connectivity index (χ1n) is 9.46. The number of likely N-dealkylation sites (tertiary alicyclic amines) is 1. The summed E-state index contributed by atoms with van der Waals surface area (Å²) in [4.78, 5) is 22.6. The fraction of sp³-hybridized carbons (Fsp3) is 0.524. The van der Waals surface area contributed by atoms with Crippen LogP contribution in [0.4, 0.5) is 0 Å². The van der Waals surface area contributed by atoms with Crippen molar-refractivity contribution in [3.63, 3.8) is 0 Å². The summed E-state index contributed by atoms with van der Waals surface area (Å²) in [5.74, 6) is 0.192. The predicted molar refractivity (Wildman–Crippen MR) is 105 cm³/mol. The number of hydrogen-bond acceptors (Lipinski definition) is 4. The van der Waals surface area contributed by atoms with Crippen molar-refractivity contribution in [1.29, 1.82) is 0 Å². The zero-order chi connectivity index (χ0) is 18.3. The Kier molecular flexibility index (Phi) is 4.61. The van der Waals surface area contributed by atoms with E-state index in [0.29, 0.717) is 0 Å². The Hall–Kier alpha value is -1.72. The van der Waals surface area contributed by atoms with E-state index in [0.717, 1.165) is 50.6 Å². The molecule has 0 radical (unpaired) electrons. The molecule has 1 saturated heterocycles. The molecule has 0 aliphatic carbocycles. The number of amides is 1. The van der Waals surface area contributed by atoms with Crippen molar-refractivity contribution in [3.05, 3.63) is 51.0 Å². The molecule has 1 amide bonds. The Morgan fingerprint density at radius 2 is 1.96 bits per heavy atom. The minimum atomic E-state index is 0.121. The minimum Gasteiger partial charge on any atom is -0.338 e. The lowest BCUT2D eigenvalue weighted by Crippen LogP contribution is -2.52. The van der Waals surface area contributed by atoms with Crippen LogP contribution in [-0.4, -0.2) is 40.3 Å². The molecule has 138 valence electrons. The van der Waals surface area contributed by atoms with Crippen LogP contribution in [-0.2, 0) is 23.3 Å². The minimum absolute atomic E-state index is 0.121. The maximum atomic E-state index is 12.1. The van der Waals surface area contributed by atoms with Gasteiger partial charge >= 0.3 is 0 Å². The van der Waals surface area contributed by atoms with Crippen LogP contribution in [0.5, 0.6) is 0 Å². The number of carbonyl (C=O) groups excluding carboxylic acids is 1. The van der Waals surface area contributed by atoms with Gasteiger partial charge in [-0.25, -0.2) is 4.98 Å². The summed E-state index contributed by atoms with van der Waals surface area (Å²) < 4.78 is 0. The maximum Gasteiger partial charge on any atom is 0.219 e. The molecule has 1 fully saturated rings. The lowest BCUT2D eigenvalue weighted by molar-refractivity contribution is -0.131. The predicted octanol–water partition coefficient (Wildman–Crippen LogP) is 3.66. The molecule has 1 aromatic carbocycles. The average Bonchev–Trinajstić information content (AvgIpc) is 2.94. The highest BCUT2D eigenvalue weighted by molar-refractivity contribution is 7.11. The molecule has 0 N–H and O–H groups in total. The fourth-order valence-electron chi connectivity index (χ4n) is 4.60. The number of aryl methyl sites for hydroxylation is 2. The number of hydrogen-bond donors (Lipinski definition) is 0. The second-order valence-corrected chi connectivity index (χ2v) is 9.12. The Morgan fingerprint density at radius 3 is 2.62 bits per heavy atom. The highest BCUT2D eigenvalue weighted by Crippen LogP contribution is 2.42. The number of carbonyl (C=O) groups is 1. The average molecular weight is 370 g/mol. The van der Waals surface area contributed by atoms with Gasteiger partial charge in [0.25, 0.3) is 0 Å². The summed E-state index contributed by atoms with van der Waals surface area (Å²) in [6, 6.07) is 8.74. The number of fused-ring (bicyclic) bond motifs is 2. The summed E-state index contributed by atoms with van der Waals surface area (Å²) in [5.41, 5.74) is 4.10. The Balaban J connectivity index is 1.53. The van der Waals surface area contributed by atoms with Crippen LogP contribution < -0.4 is 0 Å². The maximum absolute atomic E-state index is 12.1. The number of benzene rings is 1. The largest absolute Gasteiger partial charge is 0.338 e. The van der Waals surface area contributed by atoms with Crippen molar-refractivity contribution < 1.29 is 4.79 Å². The van der Waals surface area contributed by atoms with E-state index in [1.807, 2.05) is 16.2 Å². The van der Waals surface area contributed by atoms with Gasteiger partial charge in [0.2, 0.25) is 5.91 Å². The highest BCUT2D eigenvalue weighted by Gasteiger charge is 2.42. The van der Waals surface area contributed by atoms with Gasteiger partial charge in [-0.1, -0.05) is 24.3 Å². The molecule has 4 rings (SSSR count). The second-order valence-electron chi connectivity index (χ2n) is 7.83. The molecule has 2 aliphatic rings. The fourth-order valence-corrected chi connectivity index (χ4v) is 5.58. The lowest BCUT2D eigenvalue weighted by Gasteiger charge is -2.48. The van der Waals surface area contributed by atoms with Gasteiger partial charge in [-0.2, -0.15) is 0 Å². The van der Waals surface area contributed by atoms with Crippen molar-refractivity contribution in [2.45, 2.75) is 52.1 Å². The number of rotatable bonds is 2. The van der Waals surface area contributed by atoms with Gasteiger partial charge in [0.15, 0.2) is 0 Å². The Bertz CT molecular complexity index is 820. The third-order valence-corrected chi connectivity index (χ3v) is 7.13. The molecule has 0 unspecified atom stereocenters. The van der Waals surface area contributed by atoms with Crippen LogP contribution in [0.1, 0.15) is 46.5 Å². The van der Waals surface area contributed by atoms with E-state index in [1.165, 1.54) is 21.7 Å². The number of aromatic nitrogens is 1. The zero-order valence-corrected chi connectivity index (χ0v) is 16.7. The van der Waals surface area contributed by atoms with Crippen molar-refractivity contribution in [3.8, 4) is 0 Å². The molecule has 0 saturated carbocycles. The second kappa shape index (κ2) is 6.78. The van der Waals surface area contributed by atoms with E-state index < -0.39 is 0 Å². The molecule has 3 heterocycles. The first kappa shape index (κ1) is 17.7. The SMILES string of the molecule is CC(=O)N1Cc2ccccc2C2(CCN(Cc3sc(C)nc3C)CC2)C1. The normalized spacial score (nSPS) is 19.6. The van der Waals surface area contributed by atoms with Crippen LogP contribution in [0, 0.1) is 13.8 Å². The standard InChI is InChI=1S/C21H27N3OS/c1-15-20(26-16(2)22-15)13-23-10-8-21(9-11-23)14-24(17(3)25)12-18-6-4-5-7-19(18)21/h4-7H,8-14H2,1-3H3. The summed E-state index contributed by atoms with van der Waals surface area (Å²) >= 11 is 1.82. The number of nitrogens with zero attached hydrogens (tertiary/aromatic N) is 3. The van der Waals surface area contributed by atoms with E-state index in [-0.39, 0.29) is 11.3 Å². The monoisotopic (exact) mass is 369 g/mol. The van der Waals surface area contributed by atoms with Gasteiger partial charge in [0.05, 0.1) is 10.7 Å². The molecule has 1 aromatic heterocycles. The van der Waals surface area contributed by atoms with E-state index in [1.54, 1.807) is 6.92 Å². The van der Waals surface area contributed by atoms with Crippen LogP contribution >= 0.6 is 11.3 Å². The van der Waals surface area contributed by atoms with Gasteiger partial charge in [-0.3, -0.25) is 9.69 Å². The summed E-state index contributed by atoms with van der Waals surface area (Å²) in [5, 5.41) is 1.16. The van der Waals surface area contributed by atoms with Crippen molar-refractivity contribution in [1.82, 2.24) is 14.8 Å². The Morgan fingerprint density at radius 1 is 1.23 bits per heavy atom. The van der Waals surface area contributed by atoms with Crippen LogP contribution in [0.25, 0.3) is 0 Å².